The second kappa shape index (κ2) is 18.8. The van der Waals surface area contributed by atoms with Gasteiger partial charge in [0.05, 0.1) is 0 Å². The summed E-state index contributed by atoms with van der Waals surface area (Å²) >= 11 is 1.24. The normalized spacial score (nSPS) is 17.4. The lowest BCUT2D eigenvalue weighted by Gasteiger charge is -2.47. The molecule has 1 heterocycles. The van der Waals surface area contributed by atoms with Gasteiger partial charge in [0.25, 0.3) is 14.2 Å². The number of benzene rings is 4. The van der Waals surface area contributed by atoms with Gasteiger partial charge < -0.3 is 20.0 Å². The van der Waals surface area contributed by atoms with Gasteiger partial charge >= 0.3 is 5.97 Å². The maximum Gasteiger partial charge on any atom is 0.334 e. The molecule has 0 fully saturated rings. The number of thioether (sulfide) groups is 1. The average molecular weight is 804 g/mol. The number of carboxylic acid groups (broad SMARTS) is 1. The molecule has 0 aliphatic carbocycles. The maximum absolute atomic E-state index is 14.6. The van der Waals surface area contributed by atoms with Crippen LogP contribution in [0.3, 0.4) is 0 Å². The average Bonchev–Trinajstić information content (AvgIpc) is 3.58. The van der Waals surface area contributed by atoms with E-state index in [1.807, 2.05) is 87.5 Å². The van der Waals surface area contributed by atoms with Gasteiger partial charge in [-0.25, -0.2) is 18.6 Å². The van der Waals surface area contributed by atoms with E-state index in [9.17, 15) is 23.5 Å². The highest BCUT2D eigenvalue weighted by Gasteiger charge is 2.55. The molecule has 3 atom stereocenters. The highest BCUT2D eigenvalue weighted by atomic mass is 32.2. The number of carboxylic acids is 1. The molecule has 1 aliphatic heterocycles. The van der Waals surface area contributed by atoms with Crippen LogP contribution >= 0.6 is 11.8 Å². The standard InChI is InChI=1S/C23H27F2N3O2S.C21H28O3Si/c1-15(2)20(30-3)22(29)28-23(12-7-13-26,16-8-5-4-6-9-16)31-21(27-28)18-14-17(24)10-11-19(18)25;1-6-21(5,19(22)23)24-25(20(2,3)4,17-13-9-7-10-14-17)18-15-11-8-12-16-18/h4-6,8-11,14-15,20H,7,12-13,26H2,1-3H3;7-16H,6H2,1-5H3,(H,22,23)/t20-,23+;21-/m00/s1. The van der Waals surface area contributed by atoms with Crippen LogP contribution < -0.4 is 16.1 Å². The third kappa shape index (κ3) is 9.32. The number of amides is 1. The lowest BCUT2D eigenvalue weighted by atomic mass is 9.98. The number of carbonyl (C=O) groups excluding carboxylic acids is 1. The van der Waals surface area contributed by atoms with Gasteiger partial charge in [-0.3, -0.25) is 4.79 Å². The van der Waals surface area contributed by atoms with E-state index in [4.69, 9.17) is 14.9 Å². The van der Waals surface area contributed by atoms with E-state index in [2.05, 4.69) is 50.1 Å². The molecule has 0 bridgehead atoms. The number of carbonyl (C=O) groups is 2. The topological polar surface area (TPSA) is 114 Å². The Labute approximate surface area is 335 Å². The summed E-state index contributed by atoms with van der Waals surface area (Å²) in [5.74, 6) is -2.53. The number of ether oxygens (including phenoxy) is 1. The summed E-state index contributed by atoms with van der Waals surface area (Å²) in [6.45, 7) is 14.2. The SMILES string of the molecule is CC[C@](C)(O[Si](c1ccccc1)(c1ccccc1)C(C)(C)C)C(=O)O.CO[C@H](C(=O)N1N=C(c2cc(F)ccc2F)S[C@]1(CCCN)c1ccccc1)C(C)C. The minimum atomic E-state index is -2.85. The molecule has 5 rings (SSSR count). The first-order valence-electron chi connectivity index (χ1n) is 18.9. The zero-order chi connectivity index (χ0) is 41.3. The number of methoxy groups -OCH3 is 1. The molecule has 1 aliphatic rings. The van der Waals surface area contributed by atoms with Crippen molar-refractivity contribution in [1.82, 2.24) is 5.01 Å². The van der Waals surface area contributed by atoms with E-state index in [1.54, 1.807) is 6.92 Å². The fourth-order valence-electron chi connectivity index (χ4n) is 6.95. The summed E-state index contributed by atoms with van der Waals surface area (Å²) in [4.78, 5) is 24.7. The van der Waals surface area contributed by atoms with E-state index in [1.165, 1.54) is 23.9 Å². The first-order chi connectivity index (χ1) is 26.5. The van der Waals surface area contributed by atoms with Crippen LogP contribution in [0.5, 0.6) is 0 Å². The molecule has 3 N–H and O–H groups in total. The predicted molar refractivity (Wildman–Crippen MR) is 224 cm³/mol. The third-order valence-electron chi connectivity index (χ3n) is 10.1. The Morgan fingerprint density at radius 1 is 0.911 bits per heavy atom. The number of nitrogens with two attached hydrogens (primary N) is 1. The van der Waals surface area contributed by atoms with Crippen molar-refractivity contribution in [2.45, 2.75) is 89.3 Å². The predicted octanol–water partition coefficient (Wildman–Crippen LogP) is 8.28. The number of aliphatic carboxylic acids is 1. The first kappa shape index (κ1) is 44.5. The number of hydrogen-bond acceptors (Lipinski definition) is 7. The van der Waals surface area contributed by atoms with Crippen LogP contribution in [0.15, 0.2) is 114 Å². The van der Waals surface area contributed by atoms with Crippen molar-refractivity contribution >= 4 is 47.4 Å². The summed E-state index contributed by atoms with van der Waals surface area (Å²) in [6, 6.07) is 32.9. The van der Waals surface area contributed by atoms with Gasteiger partial charge in [0.2, 0.25) is 0 Å². The molecular weight excluding hydrogens is 749 g/mol. The molecule has 12 heteroatoms. The molecule has 0 unspecified atom stereocenters. The zero-order valence-corrected chi connectivity index (χ0v) is 35.4. The third-order valence-corrected chi connectivity index (χ3v) is 16.7. The number of hydrazone groups is 1. The largest absolute Gasteiger partial charge is 0.479 e. The molecule has 56 heavy (non-hydrogen) atoms. The quantitative estimate of drug-likeness (QED) is 0.123. The Kier molecular flexibility index (Phi) is 15.0. The highest BCUT2D eigenvalue weighted by molar-refractivity contribution is 8.15. The summed E-state index contributed by atoms with van der Waals surface area (Å²) in [6.07, 6.45) is 0.774. The van der Waals surface area contributed by atoms with Gasteiger partial charge in [0, 0.05) is 12.7 Å². The minimum absolute atomic E-state index is 0.0202. The lowest BCUT2D eigenvalue weighted by Crippen LogP contribution is -2.70. The fourth-order valence-corrected chi connectivity index (χ4v) is 13.2. The summed E-state index contributed by atoms with van der Waals surface area (Å²) < 4.78 is 40.7. The molecule has 300 valence electrons. The molecule has 0 aromatic heterocycles. The van der Waals surface area contributed by atoms with Crippen LogP contribution in [0.1, 0.15) is 78.9 Å². The molecule has 0 radical (unpaired) electrons. The minimum Gasteiger partial charge on any atom is -0.479 e. The van der Waals surface area contributed by atoms with Crippen LogP contribution in [0.2, 0.25) is 5.04 Å². The van der Waals surface area contributed by atoms with Crippen LogP contribution in [-0.2, 0) is 23.6 Å². The Morgan fingerprint density at radius 3 is 1.89 bits per heavy atom. The molecule has 1 amide bonds. The molecular formula is C44H55F2N3O5SSi. The summed E-state index contributed by atoms with van der Waals surface area (Å²) in [5.41, 5.74) is 5.42. The van der Waals surface area contributed by atoms with Crippen molar-refractivity contribution in [3.8, 4) is 0 Å². The van der Waals surface area contributed by atoms with Gasteiger partial charge in [-0.2, -0.15) is 5.10 Å². The monoisotopic (exact) mass is 803 g/mol. The van der Waals surface area contributed by atoms with Gasteiger partial charge in [-0.05, 0) is 77.8 Å². The molecule has 8 nitrogen and oxygen atoms in total. The highest BCUT2D eigenvalue weighted by Crippen LogP contribution is 2.51. The first-order valence-corrected chi connectivity index (χ1v) is 21.6. The second-order valence-electron chi connectivity index (χ2n) is 15.4. The lowest BCUT2D eigenvalue weighted by molar-refractivity contribution is -0.154. The van der Waals surface area contributed by atoms with Crippen molar-refractivity contribution in [1.29, 1.82) is 0 Å². The fraction of sp³-hybridized carbons (Fsp3) is 0.386. The van der Waals surface area contributed by atoms with E-state index in [0.29, 0.717) is 25.8 Å². The summed E-state index contributed by atoms with van der Waals surface area (Å²) in [5, 5.41) is 18.0. The molecule has 4 aromatic carbocycles. The van der Waals surface area contributed by atoms with E-state index >= 15 is 0 Å². The number of halogens is 2. The van der Waals surface area contributed by atoms with Gasteiger partial charge in [0.15, 0.2) is 5.60 Å². The van der Waals surface area contributed by atoms with Crippen molar-refractivity contribution in [2.24, 2.45) is 16.8 Å². The van der Waals surface area contributed by atoms with E-state index < -0.39 is 42.5 Å². The number of nitrogens with zero attached hydrogens (tertiary/aromatic N) is 2. The van der Waals surface area contributed by atoms with Crippen LogP contribution in [0, 0.1) is 17.6 Å². The van der Waals surface area contributed by atoms with Crippen molar-refractivity contribution in [3.63, 3.8) is 0 Å². The van der Waals surface area contributed by atoms with Crippen LogP contribution in [-0.4, -0.2) is 60.7 Å². The van der Waals surface area contributed by atoms with Crippen molar-refractivity contribution in [3.05, 3.63) is 132 Å². The molecule has 0 saturated heterocycles. The van der Waals surface area contributed by atoms with E-state index in [0.717, 1.165) is 34.1 Å². The molecule has 0 spiro atoms. The Balaban J connectivity index is 0.000000255. The maximum atomic E-state index is 14.6. The van der Waals surface area contributed by atoms with Crippen LogP contribution in [0.25, 0.3) is 0 Å². The summed E-state index contributed by atoms with van der Waals surface area (Å²) in [7, 11) is -1.37. The Bertz CT molecular complexity index is 1910. The number of hydrogen-bond donors (Lipinski definition) is 2. The number of rotatable bonds is 14. The smallest absolute Gasteiger partial charge is 0.334 e. The van der Waals surface area contributed by atoms with E-state index in [-0.39, 0.29) is 27.5 Å². The van der Waals surface area contributed by atoms with Crippen molar-refractivity contribution < 1.29 is 32.6 Å². The van der Waals surface area contributed by atoms with Crippen LogP contribution in [0.4, 0.5) is 8.78 Å². The Morgan fingerprint density at radius 2 is 1.45 bits per heavy atom. The van der Waals surface area contributed by atoms with Gasteiger partial charge in [0.1, 0.15) is 27.7 Å². The van der Waals surface area contributed by atoms with Gasteiger partial charge in [-0.1, -0.05) is 144 Å². The van der Waals surface area contributed by atoms with Gasteiger partial charge in [-0.15, -0.1) is 0 Å². The Hall–Kier alpha value is -4.20. The molecule has 0 saturated carbocycles. The zero-order valence-electron chi connectivity index (χ0n) is 33.6. The second-order valence-corrected chi connectivity index (χ2v) is 20.9. The van der Waals surface area contributed by atoms with Crippen molar-refractivity contribution in [2.75, 3.05) is 13.7 Å². The molecule has 4 aromatic rings.